The van der Waals surface area contributed by atoms with Crippen LogP contribution in [-0.2, 0) is 9.84 Å². The van der Waals surface area contributed by atoms with Crippen LogP contribution in [0.5, 0.6) is 0 Å². The van der Waals surface area contributed by atoms with Gasteiger partial charge in [0.25, 0.3) is 0 Å². The fraction of sp³-hybridized carbons (Fsp3) is 0.364. The maximum Gasteiger partial charge on any atom is 0.189 e. The first-order valence-corrected chi connectivity index (χ1v) is 6.66. The Hall–Kier alpha value is -1.30. The Bertz CT molecular complexity index is 542. The molecule has 0 unspecified atom stereocenters. The minimum atomic E-state index is -3.77. The van der Waals surface area contributed by atoms with Crippen molar-refractivity contribution in [2.45, 2.75) is 18.6 Å². The van der Waals surface area contributed by atoms with Crippen LogP contribution in [0.2, 0.25) is 0 Å². The highest BCUT2D eigenvalue weighted by atomic mass is 32.2. The molecule has 1 rings (SSSR count). The van der Waals surface area contributed by atoms with Gasteiger partial charge in [-0.05, 0) is 26.0 Å². The van der Waals surface area contributed by atoms with E-state index in [2.05, 4.69) is 0 Å². The summed E-state index contributed by atoms with van der Waals surface area (Å²) in [5.74, 6) is -3.21. The molecule has 0 radical (unpaired) electrons. The summed E-state index contributed by atoms with van der Waals surface area (Å²) in [6.07, 6.45) is 0.851. The molecular weight excluding hydrogens is 250 g/mol. The van der Waals surface area contributed by atoms with Crippen LogP contribution < -0.4 is 0 Å². The number of carbonyl (C=O) groups is 1. The first kappa shape index (κ1) is 13.8. The van der Waals surface area contributed by atoms with Crippen molar-refractivity contribution in [2.24, 2.45) is 0 Å². The second kappa shape index (κ2) is 4.18. The van der Waals surface area contributed by atoms with E-state index < -0.39 is 37.6 Å². The summed E-state index contributed by atoms with van der Waals surface area (Å²) in [6.45, 7) is 2.24. The number of halogens is 2. The minimum absolute atomic E-state index is 0.817. The molecule has 0 atom stereocenters. The number of carbonyl (C=O) groups excluding carboxylic acids is 1. The SMILES string of the molecule is CC(C)(C(=O)c1c(F)cccc1F)S(C)(=O)=O. The zero-order valence-corrected chi connectivity index (χ0v) is 10.4. The van der Waals surface area contributed by atoms with Crippen molar-refractivity contribution in [1.82, 2.24) is 0 Å². The van der Waals surface area contributed by atoms with E-state index in [1.54, 1.807) is 0 Å². The van der Waals surface area contributed by atoms with Crippen LogP contribution in [0.15, 0.2) is 18.2 Å². The van der Waals surface area contributed by atoms with Gasteiger partial charge in [-0.1, -0.05) is 6.07 Å². The number of Topliss-reactive ketones (excluding diaryl/α,β-unsaturated/α-hetero) is 1. The number of ketones is 1. The fourth-order valence-electron chi connectivity index (χ4n) is 1.18. The summed E-state index contributed by atoms with van der Waals surface area (Å²) >= 11 is 0. The zero-order valence-electron chi connectivity index (χ0n) is 9.62. The summed E-state index contributed by atoms with van der Waals surface area (Å²) < 4.78 is 47.7. The van der Waals surface area contributed by atoms with E-state index >= 15 is 0 Å². The van der Waals surface area contributed by atoms with Gasteiger partial charge in [-0.15, -0.1) is 0 Å². The standard InChI is InChI=1S/C11H12F2O3S/c1-11(2,17(3,15)16)10(14)9-7(12)5-4-6-8(9)13/h4-6H,1-3H3. The van der Waals surface area contributed by atoms with Gasteiger partial charge in [0, 0.05) is 6.26 Å². The van der Waals surface area contributed by atoms with Gasteiger partial charge in [0.15, 0.2) is 15.6 Å². The molecule has 17 heavy (non-hydrogen) atoms. The summed E-state index contributed by atoms with van der Waals surface area (Å²) in [4.78, 5) is 11.9. The van der Waals surface area contributed by atoms with Crippen molar-refractivity contribution in [2.75, 3.05) is 6.26 Å². The third-order valence-electron chi connectivity index (χ3n) is 2.66. The molecule has 0 spiro atoms. The molecule has 0 amide bonds. The number of rotatable bonds is 3. The third-order valence-corrected chi connectivity index (χ3v) is 4.70. The molecule has 0 fully saturated rings. The molecule has 0 bridgehead atoms. The van der Waals surface area contributed by atoms with Crippen molar-refractivity contribution < 1.29 is 22.0 Å². The third kappa shape index (κ3) is 2.36. The van der Waals surface area contributed by atoms with Crippen molar-refractivity contribution >= 4 is 15.6 Å². The van der Waals surface area contributed by atoms with Crippen LogP contribution in [0.25, 0.3) is 0 Å². The van der Waals surface area contributed by atoms with Crippen LogP contribution in [0.4, 0.5) is 8.78 Å². The number of sulfone groups is 1. The van der Waals surface area contributed by atoms with Gasteiger partial charge < -0.3 is 0 Å². The first-order valence-electron chi connectivity index (χ1n) is 4.77. The van der Waals surface area contributed by atoms with Crippen molar-refractivity contribution in [3.63, 3.8) is 0 Å². The number of benzene rings is 1. The number of hydrogen-bond acceptors (Lipinski definition) is 3. The van der Waals surface area contributed by atoms with Gasteiger partial charge in [-0.2, -0.15) is 0 Å². The van der Waals surface area contributed by atoms with Crippen LogP contribution in [0, 0.1) is 11.6 Å². The molecule has 0 aromatic heterocycles. The van der Waals surface area contributed by atoms with Gasteiger partial charge in [-0.25, -0.2) is 17.2 Å². The number of hydrogen-bond donors (Lipinski definition) is 0. The Kier molecular flexibility index (Phi) is 3.38. The Morgan fingerprint density at radius 3 is 1.94 bits per heavy atom. The Morgan fingerprint density at radius 2 is 1.59 bits per heavy atom. The van der Waals surface area contributed by atoms with Crippen molar-refractivity contribution in [3.8, 4) is 0 Å². The molecule has 0 saturated carbocycles. The summed E-state index contributed by atoms with van der Waals surface area (Å²) in [5.41, 5.74) is -0.817. The highest BCUT2D eigenvalue weighted by Gasteiger charge is 2.41. The second-order valence-electron chi connectivity index (χ2n) is 4.21. The first-order chi connectivity index (χ1) is 7.59. The molecule has 0 heterocycles. The minimum Gasteiger partial charge on any atom is -0.292 e. The summed E-state index contributed by atoms with van der Waals surface area (Å²) in [6, 6.07) is 2.93. The van der Waals surface area contributed by atoms with Crippen molar-refractivity contribution in [3.05, 3.63) is 35.4 Å². The topological polar surface area (TPSA) is 51.2 Å². The molecule has 94 valence electrons. The molecule has 0 saturated heterocycles. The van der Waals surface area contributed by atoms with E-state index in [4.69, 9.17) is 0 Å². The van der Waals surface area contributed by atoms with Gasteiger partial charge in [0.2, 0.25) is 0 Å². The van der Waals surface area contributed by atoms with E-state index in [0.29, 0.717) is 0 Å². The van der Waals surface area contributed by atoms with E-state index in [0.717, 1.165) is 38.3 Å². The lowest BCUT2D eigenvalue weighted by Gasteiger charge is -2.21. The van der Waals surface area contributed by atoms with Crippen LogP contribution in [0.1, 0.15) is 24.2 Å². The molecule has 3 nitrogen and oxygen atoms in total. The zero-order chi connectivity index (χ0) is 13.4. The lowest BCUT2D eigenvalue weighted by molar-refractivity contribution is 0.0945. The lowest BCUT2D eigenvalue weighted by Crippen LogP contribution is -2.40. The van der Waals surface area contributed by atoms with Crippen LogP contribution in [-0.4, -0.2) is 25.2 Å². The molecule has 0 aliphatic carbocycles. The maximum atomic E-state index is 13.4. The smallest absolute Gasteiger partial charge is 0.189 e. The van der Waals surface area contributed by atoms with E-state index in [9.17, 15) is 22.0 Å². The Balaban J connectivity index is 3.42. The van der Waals surface area contributed by atoms with Gasteiger partial charge >= 0.3 is 0 Å². The molecule has 1 aromatic rings. The highest BCUT2D eigenvalue weighted by Crippen LogP contribution is 2.24. The monoisotopic (exact) mass is 262 g/mol. The molecule has 0 N–H and O–H groups in total. The van der Waals surface area contributed by atoms with Crippen molar-refractivity contribution in [1.29, 1.82) is 0 Å². The second-order valence-corrected chi connectivity index (χ2v) is 6.77. The summed E-state index contributed by atoms with van der Waals surface area (Å²) in [5, 5.41) is 0. The van der Waals surface area contributed by atoms with E-state index in [1.807, 2.05) is 0 Å². The van der Waals surface area contributed by atoms with E-state index in [-0.39, 0.29) is 0 Å². The van der Waals surface area contributed by atoms with Gasteiger partial charge in [-0.3, -0.25) is 4.79 Å². The van der Waals surface area contributed by atoms with Crippen LogP contribution >= 0.6 is 0 Å². The fourth-order valence-corrected chi connectivity index (χ4v) is 1.62. The maximum absolute atomic E-state index is 13.4. The quantitative estimate of drug-likeness (QED) is 0.782. The normalized spacial score (nSPS) is 12.5. The summed E-state index contributed by atoms with van der Waals surface area (Å²) in [7, 11) is -3.77. The van der Waals surface area contributed by atoms with Gasteiger partial charge in [0.05, 0.1) is 5.56 Å². The van der Waals surface area contributed by atoms with Gasteiger partial charge in [0.1, 0.15) is 16.4 Å². The molecule has 0 aliphatic rings. The van der Waals surface area contributed by atoms with Crippen LogP contribution in [0.3, 0.4) is 0 Å². The predicted molar refractivity (Wildman–Crippen MR) is 59.6 cm³/mol. The lowest BCUT2D eigenvalue weighted by atomic mass is 9.99. The average molecular weight is 262 g/mol. The molecule has 1 aromatic carbocycles. The Morgan fingerprint density at radius 1 is 1.18 bits per heavy atom. The molecular formula is C11H12F2O3S. The highest BCUT2D eigenvalue weighted by molar-refractivity contribution is 7.92. The largest absolute Gasteiger partial charge is 0.292 e. The molecule has 6 heteroatoms. The molecule has 0 aliphatic heterocycles. The average Bonchev–Trinajstić information content (AvgIpc) is 2.15. The van der Waals surface area contributed by atoms with E-state index in [1.165, 1.54) is 0 Å². The predicted octanol–water partition coefficient (Wildman–Crippen LogP) is 1.97. The Labute approximate surface area is 98.4 Å².